The van der Waals surface area contributed by atoms with E-state index in [1.165, 1.54) is 0 Å². The Morgan fingerprint density at radius 3 is 2.50 bits per heavy atom. The van der Waals surface area contributed by atoms with Crippen LogP contribution in [0.2, 0.25) is 0 Å². The number of thioether (sulfide) groups is 1. The van der Waals surface area contributed by atoms with Gasteiger partial charge in [-0.1, -0.05) is 59.5 Å². The molecule has 12 heteroatoms. The number of para-hydroxylation sites is 2. The monoisotopic (exact) mass is 525 g/mol. The van der Waals surface area contributed by atoms with E-state index in [9.17, 15) is 29.1 Å². The Balaban J connectivity index is 1.48. The van der Waals surface area contributed by atoms with Gasteiger partial charge in [-0.15, -0.1) is 0 Å². The van der Waals surface area contributed by atoms with Crippen molar-refractivity contribution in [1.82, 2.24) is 9.88 Å². The van der Waals surface area contributed by atoms with E-state index in [1.807, 2.05) is 6.07 Å². The van der Waals surface area contributed by atoms with Crippen LogP contribution in [0.4, 0.5) is 5.69 Å². The summed E-state index contributed by atoms with van der Waals surface area (Å²) in [6.07, 6.45) is 0. The molecule has 1 aromatic heterocycles. The standard InChI is InChI=1S/C24H19N3O7S2/c28-15(25-12-6-2-1-3-7-12)11-34-14-9-5-4-8-13(14)17-18-20(35-21-19(17)36-24(33)26-21)23(32)27(22(18)31)10-16(29)30/h1-9,17-18,20H,10-11H2,(H,25,28)(H,26,33)(H,29,30)/t17-,18?,20?/m0/s1. The molecule has 3 atom stereocenters. The van der Waals surface area contributed by atoms with Crippen molar-refractivity contribution in [3.63, 3.8) is 0 Å². The molecule has 2 aliphatic rings. The van der Waals surface area contributed by atoms with Gasteiger partial charge in [0, 0.05) is 22.0 Å². The number of hydrogen-bond donors (Lipinski definition) is 3. The minimum Gasteiger partial charge on any atom is -0.483 e. The zero-order chi connectivity index (χ0) is 25.4. The second-order valence-electron chi connectivity index (χ2n) is 8.15. The van der Waals surface area contributed by atoms with Crippen LogP contribution in [0.15, 0.2) is 64.4 Å². The van der Waals surface area contributed by atoms with Gasteiger partial charge in [0.1, 0.15) is 17.5 Å². The Labute approximate surface area is 212 Å². The molecule has 2 aliphatic heterocycles. The second kappa shape index (κ2) is 9.63. The Bertz CT molecular complexity index is 1420. The number of aromatic nitrogens is 1. The van der Waals surface area contributed by atoms with E-state index in [2.05, 4.69) is 10.3 Å². The summed E-state index contributed by atoms with van der Waals surface area (Å²) >= 11 is 1.99. The van der Waals surface area contributed by atoms with Crippen molar-refractivity contribution in [3.8, 4) is 5.75 Å². The maximum atomic E-state index is 13.3. The number of H-pyrrole nitrogens is 1. The van der Waals surface area contributed by atoms with Gasteiger partial charge in [0.2, 0.25) is 11.8 Å². The highest BCUT2D eigenvalue weighted by Crippen LogP contribution is 2.53. The molecule has 0 saturated carbocycles. The summed E-state index contributed by atoms with van der Waals surface area (Å²) in [5, 5.41) is 11.5. The number of anilines is 1. The molecule has 36 heavy (non-hydrogen) atoms. The van der Waals surface area contributed by atoms with E-state index >= 15 is 0 Å². The van der Waals surface area contributed by atoms with Gasteiger partial charge in [-0.3, -0.25) is 28.9 Å². The maximum Gasteiger partial charge on any atom is 0.323 e. The Morgan fingerprint density at radius 1 is 1.03 bits per heavy atom. The first-order valence-corrected chi connectivity index (χ1v) is 12.6. The number of nitrogens with one attached hydrogen (secondary N) is 2. The van der Waals surface area contributed by atoms with E-state index in [-0.39, 0.29) is 17.4 Å². The number of fused-ring (bicyclic) bond motifs is 2. The molecule has 10 nitrogen and oxygen atoms in total. The van der Waals surface area contributed by atoms with E-state index in [0.717, 1.165) is 28.0 Å². The quantitative estimate of drug-likeness (QED) is 0.398. The minimum absolute atomic E-state index is 0.310. The molecule has 0 bridgehead atoms. The van der Waals surface area contributed by atoms with Crippen LogP contribution in [-0.4, -0.2) is 57.1 Å². The fraction of sp³-hybridized carbons (Fsp3) is 0.208. The van der Waals surface area contributed by atoms with Crippen LogP contribution < -0.4 is 14.9 Å². The third-order valence-electron chi connectivity index (χ3n) is 5.88. The molecule has 3 heterocycles. The van der Waals surface area contributed by atoms with Crippen molar-refractivity contribution in [2.45, 2.75) is 16.2 Å². The van der Waals surface area contributed by atoms with Crippen molar-refractivity contribution in [1.29, 1.82) is 0 Å². The van der Waals surface area contributed by atoms with Gasteiger partial charge in [0.15, 0.2) is 6.61 Å². The molecule has 0 radical (unpaired) electrons. The van der Waals surface area contributed by atoms with Crippen molar-refractivity contribution >= 4 is 52.5 Å². The number of thiazole rings is 1. The van der Waals surface area contributed by atoms with E-state index in [4.69, 9.17) is 4.74 Å². The van der Waals surface area contributed by atoms with Gasteiger partial charge in [-0.05, 0) is 18.2 Å². The summed E-state index contributed by atoms with van der Waals surface area (Å²) in [5.41, 5.74) is 1.14. The van der Waals surface area contributed by atoms with E-state index in [0.29, 0.717) is 26.9 Å². The number of aliphatic carboxylic acids is 1. The van der Waals surface area contributed by atoms with Crippen molar-refractivity contribution in [3.05, 3.63) is 74.7 Å². The van der Waals surface area contributed by atoms with Gasteiger partial charge >= 0.3 is 10.8 Å². The normalized spacial score (nSPS) is 20.6. The number of carboxylic acids is 1. The average Bonchev–Trinajstić information content (AvgIpc) is 3.34. The molecule has 2 aromatic carbocycles. The zero-order valence-electron chi connectivity index (χ0n) is 18.5. The molecule has 5 rings (SSSR count). The fourth-order valence-electron chi connectivity index (χ4n) is 4.43. The van der Waals surface area contributed by atoms with Crippen LogP contribution in [0, 0.1) is 5.92 Å². The molecule has 1 fully saturated rings. The number of carboxylic acid groups (broad SMARTS) is 1. The number of likely N-dealkylation sites (tertiary alicyclic amines) is 1. The predicted octanol–water partition coefficient (Wildman–Crippen LogP) is 2.13. The highest BCUT2D eigenvalue weighted by atomic mass is 32.2. The van der Waals surface area contributed by atoms with Crippen LogP contribution in [0.1, 0.15) is 16.4 Å². The Morgan fingerprint density at radius 2 is 1.75 bits per heavy atom. The predicted molar refractivity (Wildman–Crippen MR) is 131 cm³/mol. The van der Waals surface area contributed by atoms with Crippen LogP contribution in [0.3, 0.4) is 0 Å². The van der Waals surface area contributed by atoms with Crippen molar-refractivity contribution in [2.24, 2.45) is 5.92 Å². The molecular weight excluding hydrogens is 506 g/mol. The topological polar surface area (TPSA) is 146 Å². The summed E-state index contributed by atoms with van der Waals surface area (Å²) in [7, 11) is 0. The number of carbonyl (C=O) groups excluding carboxylic acids is 3. The number of imide groups is 1. The number of carbonyl (C=O) groups is 4. The maximum absolute atomic E-state index is 13.3. The highest BCUT2D eigenvalue weighted by Gasteiger charge is 2.56. The summed E-state index contributed by atoms with van der Waals surface area (Å²) in [4.78, 5) is 66.0. The Hall–Kier alpha value is -3.90. The first-order chi connectivity index (χ1) is 17.3. The fourth-order valence-corrected chi connectivity index (χ4v) is 6.96. The Kier molecular flexibility index (Phi) is 6.37. The molecule has 3 amide bonds. The van der Waals surface area contributed by atoms with Gasteiger partial charge in [0.05, 0.1) is 10.9 Å². The minimum atomic E-state index is -1.30. The summed E-state index contributed by atoms with van der Waals surface area (Å²) in [5.74, 6) is -4.26. The lowest BCUT2D eigenvalue weighted by molar-refractivity contribution is -0.149. The lowest BCUT2D eigenvalue weighted by atomic mass is 9.82. The lowest BCUT2D eigenvalue weighted by Gasteiger charge is -2.30. The number of ether oxygens (including phenoxy) is 1. The molecule has 0 aliphatic carbocycles. The van der Waals surface area contributed by atoms with Crippen LogP contribution in [-0.2, 0) is 19.2 Å². The number of benzene rings is 2. The van der Waals surface area contributed by atoms with Gasteiger partial charge in [0.25, 0.3) is 5.91 Å². The number of amides is 3. The molecule has 3 N–H and O–H groups in total. The first-order valence-electron chi connectivity index (χ1n) is 10.9. The average molecular weight is 526 g/mol. The third-order valence-corrected chi connectivity index (χ3v) is 8.28. The molecular formula is C24H19N3O7S2. The zero-order valence-corrected chi connectivity index (χ0v) is 20.1. The van der Waals surface area contributed by atoms with E-state index in [1.54, 1.807) is 48.5 Å². The largest absolute Gasteiger partial charge is 0.483 e. The summed E-state index contributed by atoms with van der Waals surface area (Å²) in [6.45, 7) is -1.05. The SMILES string of the molecule is O=C(O)CN1C(=O)C2Sc3[nH]c(=O)sc3[C@@H](c3ccccc3OCC(=O)Nc3ccccc3)C2C1=O. The van der Waals surface area contributed by atoms with Gasteiger partial charge in [-0.2, -0.15) is 0 Å². The van der Waals surface area contributed by atoms with Crippen molar-refractivity contribution in [2.75, 3.05) is 18.5 Å². The molecule has 3 aromatic rings. The van der Waals surface area contributed by atoms with Gasteiger partial charge < -0.3 is 20.1 Å². The molecule has 184 valence electrons. The molecule has 0 spiro atoms. The number of rotatable bonds is 7. The second-order valence-corrected chi connectivity index (χ2v) is 10.3. The van der Waals surface area contributed by atoms with Crippen molar-refractivity contribution < 1.29 is 29.0 Å². The van der Waals surface area contributed by atoms with Crippen LogP contribution >= 0.6 is 23.1 Å². The molecule has 2 unspecified atom stereocenters. The number of nitrogens with zero attached hydrogens (tertiary/aromatic N) is 1. The number of aromatic amines is 1. The lowest BCUT2D eigenvalue weighted by Crippen LogP contribution is -2.36. The number of hydrogen-bond acceptors (Lipinski definition) is 8. The van der Waals surface area contributed by atoms with Crippen LogP contribution in [0.25, 0.3) is 0 Å². The molecule has 1 saturated heterocycles. The van der Waals surface area contributed by atoms with E-state index < -0.39 is 41.4 Å². The highest BCUT2D eigenvalue weighted by molar-refractivity contribution is 8.00. The first kappa shape index (κ1) is 23.8. The summed E-state index contributed by atoms with van der Waals surface area (Å²) in [6, 6.07) is 15.7. The smallest absolute Gasteiger partial charge is 0.323 e. The van der Waals surface area contributed by atoms with Gasteiger partial charge in [-0.25, -0.2) is 0 Å². The summed E-state index contributed by atoms with van der Waals surface area (Å²) < 4.78 is 5.84. The third kappa shape index (κ3) is 4.40. The van der Waals surface area contributed by atoms with Crippen LogP contribution in [0.5, 0.6) is 5.75 Å².